The second kappa shape index (κ2) is 6.64. The first-order chi connectivity index (χ1) is 7.27. The highest BCUT2D eigenvalue weighted by Gasteiger charge is 2.00. The second-order valence-corrected chi connectivity index (χ2v) is 4.05. The number of hydrogen-bond acceptors (Lipinski definition) is 2. The minimum Gasteiger partial charge on any atom is -0.494 e. The van der Waals surface area contributed by atoms with Gasteiger partial charge in [0, 0.05) is 4.47 Å². The van der Waals surface area contributed by atoms with Crippen molar-refractivity contribution >= 4 is 15.9 Å². The van der Waals surface area contributed by atoms with Gasteiger partial charge in [-0.05, 0) is 36.6 Å². The first-order valence-corrected chi connectivity index (χ1v) is 5.70. The molecule has 0 bridgehead atoms. The Kier molecular flexibility index (Phi) is 5.43. The molecule has 0 aliphatic heterocycles. The van der Waals surface area contributed by atoms with Gasteiger partial charge in [-0.2, -0.15) is 0 Å². The Morgan fingerprint density at radius 1 is 1.47 bits per heavy atom. The van der Waals surface area contributed by atoms with Crippen molar-refractivity contribution < 1.29 is 9.84 Å². The third-order valence-corrected chi connectivity index (χ3v) is 2.78. The van der Waals surface area contributed by atoms with Gasteiger partial charge in [-0.1, -0.05) is 22.0 Å². The zero-order valence-corrected chi connectivity index (χ0v) is 10.2. The lowest BCUT2D eigenvalue weighted by Crippen LogP contribution is -1.97. The van der Waals surface area contributed by atoms with Gasteiger partial charge in [-0.3, -0.25) is 0 Å². The molecule has 1 aromatic carbocycles. The van der Waals surface area contributed by atoms with Crippen molar-refractivity contribution in [3.05, 3.63) is 40.9 Å². The van der Waals surface area contributed by atoms with Crippen LogP contribution in [0.15, 0.2) is 35.3 Å². The van der Waals surface area contributed by atoms with E-state index < -0.39 is 0 Å². The van der Waals surface area contributed by atoms with Crippen LogP contribution in [0.1, 0.15) is 18.4 Å². The van der Waals surface area contributed by atoms with Gasteiger partial charge in [-0.15, -0.1) is 6.58 Å². The highest BCUT2D eigenvalue weighted by Crippen LogP contribution is 2.22. The summed E-state index contributed by atoms with van der Waals surface area (Å²) in [5.41, 5.74) is 0.844. The summed E-state index contributed by atoms with van der Waals surface area (Å²) in [4.78, 5) is 0. The van der Waals surface area contributed by atoms with Gasteiger partial charge in [0.25, 0.3) is 0 Å². The molecule has 2 nitrogen and oxygen atoms in total. The Morgan fingerprint density at radius 2 is 2.27 bits per heavy atom. The van der Waals surface area contributed by atoms with E-state index in [1.54, 1.807) is 0 Å². The predicted octanol–water partition coefficient (Wildman–Crippen LogP) is 3.29. The Morgan fingerprint density at radius 3 is 2.93 bits per heavy atom. The average molecular weight is 271 g/mol. The summed E-state index contributed by atoms with van der Waals surface area (Å²) in [7, 11) is 0. The van der Waals surface area contributed by atoms with Crippen LogP contribution in [0.5, 0.6) is 5.75 Å². The molecule has 0 aromatic heterocycles. The highest BCUT2D eigenvalue weighted by atomic mass is 79.9. The van der Waals surface area contributed by atoms with E-state index in [-0.39, 0.29) is 6.61 Å². The van der Waals surface area contributed by atoms with Gasteiger partial charge in [0.15, 0.2) is 0 Å². The van der Waals surface area contributed by atoms with Crippen molar-refractivity contribution in [1.29, 1.82) is 0 Å². The van der Waals surface area contributed by atoms with Gasteiger partial charge < -0.3 is 9.84 Å². The fourth-order valence-electron chi connectivity index (χ4n) is 1.18. The maximum atomic E-state index is 9.05. The molecular weight excluding hydrogens is 256 g/mol. The molecule has 0 radical (unpaired) electrons. The summed E-state index contributed by atoms with van der Waals surface area (Å²) in [5.74, 6) is 0.798. The average Bonchev–Trinajstić information content (AvgIpc) is 2.26. The summed E-state index contributed by atoms with van der Waals surface area (Å²) in [6, 6.07) is 5.61. The molecule has 0 amide bonds. The molecule has 0 aliphatic carbocycles. The SMILES string of the molecule is C=CCCCOc1ccc(Br)c(CO)c1. The van der Waals surface area contributed by atoms with Crippen LogP contribution in [-0.4, -0.2) is 11.7 Å². The fourth-order valence-corrected chi connectivity index (χ4v) is 1.55. The van der Waals surface area contributed by atoms with Gasteiger partial charge in [0.2, 0.25) is 0 Å². The lowest BCUT2D eigenvalue weighted by atomic mass is 10.2. The number of benzene rings is 1. The molecule has 0 unspecified atom stereocenters. The summed E-state index contributed by atoms with van der Waals surface area (Å²) in [5, 5.41) is 9.05. The van der Waals surface area contributed by atoms with Crippen LogP contribution in [0.25, 0.3) is 0 Å². The number of unbranched alkanes of at least 4 members (excludes halogenated alkanes) is 1. The van der Waals surface area contributed by atoms with Crippen molar-refractivity contribution in [3.63, 3.8) is 0 Å². The lowest BCUT2D eigenvalue weighted by Gasteiger charge is -2.07. The molecule has 0 saturated carbocycles. The molecule has 0 atom stereocenters. The number of aliphatic hydroxyl groups excluding tert-OH is 1. The topological polar surface area (TPSA) is 29.5 Å². The van der Waals surface area contributed by atoms with E-state index in [4.69, 9.17) is 9.84 Å². The molecule has 0 aliphatic rings. The normalized spacial score (nSPS) is 10.0. The van der Waals surface area contributed by atoms with E-state index in [2.05, 4.69) is 22.5 Å². The molecule has 0 saturated heterocycles. The predicted molar refractivity (Wildman–Crippen MR) is 65.0 cm³/mol. The molecule has 0 heterocycles. The van der Waals surface area contributed by atoms with Crippen LogP contribution in [0.4, 0.5) is 0 Å². The maximum Gasteiger partial charge on any atom is 0.119 e. The second-order valence-electron chi connectivity index (χ2n) is 3.19. The summed E-state index contributed by atoms with van der Waals surface area (Å²) >= 11 is 3.35. The Labute approximate surface area is 98.7 Å². The van der Waals surface area contributed by atoms with E-state index in [0.29, 0.717) is 6.61 Å². The van der Waals surface area contributed by atoms with Crippen molar-refractivity contribution in [1.82, 2.24) is 0 Å². The number of allylic oxidation sites excluding steroid dienone is 1. The fraction of sp³-hybridized carbons (Fsp3) is 0.333. The molecule has 82 valence electrons. The standard InChI is InChI=1S/C12H15BrO2/c1-2-3-4-7-15-11-5-6-12(13)10(8-11)9-14/h2,5-6,8,14H,1,3-4,7,9H2. The molecular formula is C12H15BrO2. The van der Waals surface area contributed by atoms with E-state index in [1.807, 2.05) is 24.3 Å². The Bertz CT molecular complexity index is 323. The van der Waals surface area contributed by atoms with Crippen LogP contribution in [0, 0.1) is 0 Å². The molecule has 3 heteroatoms. The van der Waals surface area contributed by atoms with Crippen LogP contribution >= 0.6 is 15.9 Å². The van der Waals surface area contributed by atoms with Crippen LogP contribution in [0.2, 0.25) is 0 Å². The van der Waals surface area contributed by atoms with E-state index in [1.165, 1.54) is 0 Å². The Hall–Kier alpha value is -0.800. The molecule has 0 spiro atoms. The number of aliphatic hydroxyl groups is 1. The van der Waals surface area contributed by atoms with Crippen LogP contribution in [0.3, 0.4) is 0 Å². The van der Waals surface area contributed by atoms with Crippen molar-refractivity contribution in [2.24, 2.45) is 0 Å². The quantitative estimate of drug-likeness (QED) is 0.635. The van der Waals surface area contributed by atoms with Crippen LogP contribution < -0.4 is 4.74 Å². The minimum atomic E-state index is 0.0183. The molecule has 1 aromatic rings. The first-order valence-electron chi connectivity index (χ1n) is 4.91. The summed E-state index contributed by atoms with van der Waals surface area (Å²) in [6.45, 7) is 4.35. The summed E-state index contributed by atoms with van der Waals surface area (Å²) in [6.07, 6.45) is 3.81. The Balaban J connectivity index is 2.50. The highest BCUT2D eigenvalue weighted by molar-refractivity contribution is 9.10. The number of ether oxygens (including phenoxy) is 1. The third kappa shape index (κ3) is 4.06. The summed E-state index contributed by atoms with van der Waals surface area (Å²) < 4.78 is 6.43. The minimum absolute atomic E-state index is 0.0183. The van der Waals surface area contributed by atoms with Crippen molar-refractivity contribution in [2.45, 2.75) is 19.4 Å². The largest absolute Gasteiger partial charge is 0.494 e. The molecule has 1 rings (SSSR count). The zero-order valence-electron chi connectivity index (χ0n) is 8.58. The number of hydrogen-bond donors (Lipinski definition) is 1. The van der Waals surface area contributed by atoms with Crippen LogP contribution in [-0.2, 0) is 6.61 Å². The van der Waals surface area contributed by atoms with Gasteiger partial charge in [0.1, 0.15) is 5.75 Å². The van der Waals surface area contributed by atoms with Gasteiger partial charge in [-0.25, -0.2) is 0 Å². The van der Waals surface area contributed by atoms with Crippen molar-refractivity contribution in [2.75, 3.05) is 6.61 Å². The lowest BCUT2D eigenvalue weighted by molar-refractivity contribution is 0.278. The first kappa shape index (κ1) is 12.3. The number of rotatable bonds is 6. The van der Waals surface area contributed by atoms with E-state index in [0.717, 1.165) is 28.6 Å². The number of halogens is 1. The molecule has 1 N–H and O–H groups in total. The van der Waals surface area contributed by atoms with Gasteiger partial charge >= 0.3 is 0 Å². The van der Waals surface area contributed by atoms with E-state index in [9.17, 15) is 0 Å². The zero-order chi connectivity index (χ0) is 11.1. The van der Waals surface area contributed by atoms with Gasteiger partial charge in [0.05, 0.1) is 13.2 Å². The van der Waals surface area contributed by atoms with Crippen molar-refractivity contribution in [3.8, 4) is 5.75 Å². The molecule has 15 heavy (non-hydrogen) atoms. The smallest absolute Gasteiger partial charge is 0.119 e. The van der Waals surface area contributed by atoms with E-state index >= 15 is 0 Å². The third-order valence-electron chi connectivity index (χ3n) is 2.01. The monoisotopic (exact) mass is 270 g/mol. The maximum absolute atomic E-state index is 9.05. The molecule has 0 fully saturated rings.